The van der Waals surface area contributed by atoms with Gasteiger partial charge in [-0.1, -0.05) is 19.4 Å². The molecule has 1 aromatic carbocycles. The average molecular weight is 426 g/mol. The lowest BCUT2D eigenvalue weighted by Gasteiger charge is -2.18. The molecule has 3 rings (SSSR count). The number of rotatable bonds is 8. The Morgan fingerprint density at radius 2 is 1.97 bits per heavy atom. The summed E-state index contributed by atoms with van der Waals surface area (Å²) in [6.07, 6.45) is 2.11. The molecule has 2 heterocycles. The molecule has 0 unspecified atom stereocenters. The van der Waals surface area contributed by atoms with E-state index in [4.69, 9.17) is 4.74 Å². The Hall–Kier alpha value is -3.00. The molecule has 1 amide bonds. The van der Waals surface area contributed by atoms with Gasteiger partial charge < -0.3 is 15.0 Å². The van der Waals surface area contributed by atoms with E-state index in [-0.39, 0.29) is 11.8 Å². The quantitative estimate of drug-likeness (QED) is 0.648. The molecule has 0 atom stereocenters. The third kappa shape index (κ3) is 6.01. The van der Waals surface area contributed by atoms with E-state index in [0.29, 0.717) is 11.3 Å². The summed E-state index contributed by atoms with van der Waals surface area (Å²) in [5, 5.41) is 11.1. The summed E-state index contributed by atoms with van der Waals surface area (Å²) in [4.78, 5) is 29.7. The Morgan fingerprint density at radius 3 is 2.65 bits per heavy atom. The van der Waals surface area contributed by atoms with Gasteiger partial charge in [-0.05, 0) is 63.6 Å². The Labute approximate surface area is 183 Å². The first-order valence-electron chi connectivity index (χ1n) is 10.8. The van der Waals surface area contributed by atoms with Crippen LogP contribution < -0.4 is 10.2 Å². The molecule has 0 radical (unpaired) electrons. The maximum Gasteiger partial charge on any atom is 0.340 e. The Bertz CT molecular complexity index is 914. The number of unbranched alkanes of at least 4 members (excludes halogenated alkanes) is 1. The first-order chi connectivity index (χ1) is 14.9. The summed E-state index contributed by atoms with van der Waals surface area (Å²) in [6.45, 7) is 11.5. The second kappa shape index (κ2) is 10.3. The summed E-state index contributed by atoms with van der Waals surface area (Å²) in [5.41, 5.74) is 1.81. The maximum absolute atomic E-state index is 12.7. The van der Waals surface area contributed by atoms with Gasteiger partial charge in [0.25, 0.3) is 5.91 Å². The van der Waals surface area contributed by atoms with Crippen LogP contribution in [0.2, 0.25) is 0 Å². The summed E-state index contributed by atoms with van der Waals surface area (Å²) in [6, 6.07) is 8.68. The first kappa shape index (κ1) is 22.7. The SMILES string of the molecule is CCCCN1CCN(c2ccc(C(=O)Nc3cc(C)ccc3C(=O)OC(C)C)nn2)C1. The molecule has 1 N–H and O–H groups in total. The molecule has 0 bridgehead atoms. The fraction of sp³-hybridized carbons (Fsp3) is 0.478. The third-order valence-corrected chi connectivity index (χ3v) is 5.08. The zero-order valence-corrected chi connectivity index (χ0v) is 18.7. The third-order valence-electron chi connectivity index (χ3n) is 5.08. The number of esters is 1. The zero-order valence-electron chi connectivity index (χ0n) is 18.7. The summed E-state index contributed by atoms with van der Waals surface area (Å²) >= 11 is 0. The van der Waals surface area contributed by atoms with Crippen LogP contribution in [0.25, 0.3) is 0 Å². The molecule has 1 fully saturated rings. The van der Waals surface area contributed by atoms with Crippen LogP contribution in [0.5, 0.6) is 0 Å². The standard InChI is InChI=1S/C23H31N5O3/c1-5-6-11-27-12-13-28(15-27)21-10-9-19(25-26-21)22(29)24-20-14-17(4)7-8-18(20)23(30)31-16(2)3/h7-10,14,16H,5-6,11-13,15H2,1-4H3,(H,24,29). The molecule has 8 nitrogen and oxygen atoms in total. The van der Waals surface area contributed by atoms with E-state index in [1.54, 1.807) is 38.1 Å². The predicted molar refractivity (Wildman–Crippen MR) is 120 cm³/mol. The van der Waals surface area contributed by atoms with Gasteiger partial charge in [-0.15, -0.1) is 10.2 Å². The molecule has 1 saturated heterocycles. The summed E-state index contributed by atoms with van der Waals surface area (Å²) < 4.78 is 5.28. The molecule has 0 aliphatic carbocycles. The minimum atomic E-state index is -0.478. The van der Waals surface area contributed by atoms with Crippen LogP contribution in [0.15, 0.2) is 30.3 Å². The number of anilines is 2. The van der Waals surface area contributed by atoms with Crippen molar-refractivity contribution in [3.05, 3.63) is 47.2 Å². The van der Waals surface area contributed by atoms with E-state index in [1.165, 1.54) is 12.8 Å². The van der Waals surface area contributed by atoms with Crippen LogP contribution in [-0.2, 0) is 4.74 Å². The molecular formula is C23H31N5O3. The maximum atomic E-state index is 12.7. The molecule has 0 spiro atoms. The fourth-order valence-corrected chi connectivity index (χ4v) is 3.41. The number of nitrogens with one attached hydrogen (secondary N) is 1. The Balaban J connectivity index is 1.68. The van der Waals surface area contributed by atoms with Gasteiger partial charge in [-0.3, -0.25) is 9.69 Å². The van der Waals surface area contributed by atoms with Gasteiger partial charge >= 0.3 is 5.97 Å². The van der Waals surface area contributed by atoms with Gasteiger partial charge in [0.15, 0.2) is 11.5 Å². The van der Waals surface area contributed by atoms with Crippen molar-refractivity contribution in [3.63, 3.8) is 0 Å². The second-order valence-corrected chi connectivity index (χ2v) is 8.11. The lowest BCUT2D eigenvalue weighted by atomic mass is 10.1. The Morgan fingerprint density at radius 1 is 1.16 bits per heavy atom. The van der Waals surface area contributed by atoms with E-state index >= 15 is 0 Å². The van der Waals surface area contributed by atoms with E-state index in [0.717, 1.165) is 37.7 Å². The number of amides is 1. The minimum Gasteiger partial charge on any atom is -0.459 e. The number of benzene rings is 1. The number of carbonyl (C=O) groups is 2. The van der Waals surface area contributed by atoms with Crippen molar-refractivity contribution in [2.24, 2.45) is 0 Å². The second-order valence-electron chi connectivity index (χ2n) is 8.11. The number of carbonyl (C=O) groups excluding carboxylic acids is 2. The highest BCUT2D eigenvalue weighted by Gasteiger charge is 2.22. The van der Waals surface area contributed by atoms with E-state index in [9.17, 15) is 9.59 Å². The molecule has 0 saturated carbocycles. The number of hydrogen-bond acceptors (Lipinski definition) is 7. The van der Waals surface area contributed by atoms with Gasteiger partial charge in [0, 0.05) is 13.1 Å². The highest BCUT2D eigenvalue weighted by molar-refractivity contribution is 6.07. The van der Waals surface area contributed by atoms with Crippen molar-refractivity contribution in [2.75, 3.05) is 36.5 Å². The van der Waals surface area contributed by atoms with E-state index < -0.39 is 11.9 Å². The molecule has 2 aromatic rings. The van der Waals surface area contributed by atoms with Crippen LogP contribution in [-0.4, -0.2) is 59.4 Å². The van der Waals surface area contributed by atoms with E-state index in [2.05, 4.69) is 32.2 Å². The van der Waals surface area contributed by atoms with Gasteiger partial charge in [0.05, 0.1) is 24.0 Å². The van der Waals surface area contributed by atoms with Gasteiger partial charge in [0.1, 0.15) is 0 Å². The molecule has 31 heavy (non-hydrogen) atoms. The predicted octanol–water partition coefficient (Wildman–Crippen LogP) is 3.48. The smallest absolute Gasteiger partial charge is 0.340 e. The topological polar surface area (TPSA) is 87.7 Å². The monoisotopic (exact) mass is 425 g/mol. The Kier molecular flexibility index (Phi) is 7.57. The van der Waals surface area contributed by atoms with Crippen molar-refractivity contribution in [2.45, 2.75) is 46.6 Å². The lowest BCUT2D eigenvalue weighted by Crippen LogP contribution is -2.27. The summed E-state index contributed by atoms with van der Waals surface area (Å²) in [7, 11) is 0. The number of aromatic nitrogens is 2. The summed E-state index contributed by atoms with van der Waals surface area (Å²) in [5.74, 6) is -0.144. The van der Waals surface area contributed by atoms with Crippen LogP contribution in [0.1, 0.15) is 60.0 Å². The lowest BCUT2D eigenvalue weighted by molar-refractivity contribution is 0.0379. The van der Waals surface area contributed by atoms with Crippen molar-refractivity contribution >= 4 is 23.4 Å². The molecule has 1 aliphatic rings. The fourth-order valence-electron chi connectivity index (χ4n) is 3.41. The van der Waals surface area contributed by atoms with Crippen molar-refractivity contribution < 1.29 is 14.3 Å². The van der Waals surface area contributed by atoms with Gasteiger partial charge in [-0.25, -0.2) is 4.79 Å². The molecule has 166 valence electrons. The van der Waals surface area contributed by atoms with Gasteiger partial charge in [0.2, 0.25) is 0 Å². The molecule has 1 aromatic heterocycles. The normalized spacial score (nSPS) is 14.2. The highest BCUT2D eigenvalue weighted by Crippen LogP contribution is 2.21. The molecular weight excluding hydrogens is 394 g/mol. The van der Waals surface area contributed by atoms with E-state index in [1.807, 2.05) is 13.0 Å². The van der Waals surface area contributed by atoms with Crippen molar-refractivity contribution in [1.82, 2.24) is 15.1 Å². The van der Waals surface area contributed by atoms with Crippen LogP contribution in [0, 0.1) is 6.92 Å². The number of nitrogens with zero attached hydrogens (tertiary/aromatic N) is 4. The first-order valence-corrected chi connectivity index (χ1v) is 10.8. The van der Waals surface area contributed by atoms with Crippen molar-refractivity contribution in [1.29, 1.82) is 0 Å². The molecule has 8 heteroatoms. The van der Waals surface area contributed by atoms with Crippen LogP contribution >= 0.6 is 0 Å². The van der Waals surface area contributed by atoms with Gasteiger partial charge in [-0.2, -0.15) is 0 Å². The number of hydrogen-bond donors (Lipinski definition) is 1. The highest BCUT2D eigenvalue weighted by atomic mass is 16.5. The van der Waals surface area contributed by atoms with Crippen LogP contribution in [0.3, 0.4) is 0 Å². The minimum absolute atomic E-state index is 0.190. The van der Waals surface area contributed by atoms with Crippen molar-refractivity contribution in [3.8, 4) is 0 Å². The average Bonchev–Trinajstić information content (AvgIpc) is 3.21. The number of aryl methyl sites for hydroxylation is 1. The number of ether oxygens (including phenoxy) is 1. The largest absolute Gasteiger partial charge is 0.459 e. The molecule has 1 aliphatic heterocycles. The zero-order chi connectivity index (χ0) is 22.4. The van der Waals surface area contributed by atoms with Crippen LogP contribution in [0.4, 0.5) is 11.5 Å².